The van der Waals surface area contributed by atoms with Crippen molar-refractivity contribution in [2.24, 2.45) is 0 Å². The summed E-state index contributed by atoms with van der Waals surface area (Å²) in [5.74, 6) is 0.598. The molecule has 7 nitrogen and oxygen atoms in total. The van der Waals surface area contributed by atoms with Crippen molar-refractivity contribution in [3.63, 3.8) is 0 Å². The highest BCUT2D eigenvalue weighted by Crippen LogP contribution is 2.15. The molecule has 0 saturated carbocycles. The van der Waals surface area contributed by atoms with Gasteiger partial charge in [-0.05, 0) is 30.7 Å². The van der Waals surface area contributed by atoms with Gasteiger partial charge in [0.1, 0.15) is 18.1 Å². The highest BCUT2D eigenvalue weighted by molar-refractivity contribution is 5.80. The third kappa shape index (κ3) is 14.5. The summed E-state index contributed by atoms with van der Waals surface area (Å²) in [6, 6.07) is 5.87. The van der Waals surface area contributed by atoms with Crippen LogP contribution in [0, 0.1) is 0 Å². The van der Waals surface area contributed by atoms with Crippen molar-refractivity contribution in [1.82, 2.24) is 16.2 Å². The molecule has 3 amide bonds. The molecule has 0 radical (unpaired) electrons. The molecule has 0 atom stereocenters. The second kappa shape index (κ2) is 17.4. The minimum absolute atomic E-state index is 0.170. The standard InChI is InChI=1S/C23H39N3O4/c1-2-3-4-5-6-7-8-9-10-11-12-13-22(28)25-26-23(29)24-18-19-30-21-16-14-20(27)15-17-21/h14-17,27H,2-13,18-19H2,1H3,(H,25,28)(H2,24,26,29). The van der Waals surface area contributed by atoms with E-state index in [1.165, 1.54) is 63.5 Å². The minimum atomic E-state index is -0.475. The lowest BCUT2D eigenvalue weighted by Gasteiger charge is -2.10. The number of carbonyl (C=O) groups excluding carboxylic acids is 2. The molecule has 0 aliphatic rings. The number of hydrogen-bond donors (Lipinski definition) is 4. The molecule has 1 aromatic carbocycles. The summed E-state index contributed by atoms with van der Waals surface area (Å²) in [5.41, 5.74) is 4.75. The van der Waals surface area contributed by atoms with Gasteiger partial charge in [0.15, 0.2) is 0 Å². The lowest BCUT2D eigenvalue weighted by molar-refractivity contribution is -0.121. The number of hydrazine groups is 1. The van der Waals surface area contributed by atoms with Crippen molar-refractivity contribution in [3.05, 3.63) is 24.3 Å². The maximum atomic E-state index is 11.8. The fourth-order valence-electron chi connectivity index (χ4n) is 3.06. The van der Waals surface area contributed by atoms with E-state index in [0.717, 1.165) is 19.3 Å². The number of urea groups is 1. The van der Waals surface area contributed by atoms with E-state index < -0.39 is 6.03 Å². The van der Waals surface area contributed by atoms with Crippen molar-refractivity contribution in [3.8, 4) is 11.5 Å². The summed E-state index contributed by atoms with van der Waals surface area (Å²) in [6.45, 7) is 2.81. The number of aromatic hydroxyl groups is 1. The fraction of sp³-hybridized carbons (Fsp3) is 0.652. The summed E-state index contributed by atoms with van der Waals surface area (Å²) in [7, 11) is 0. The Balaban J connectivity index is 1.88. The van der Waals surface area contributed by atoms with E-state index in [-0.39, 0.29) is 18.3 Å². The zero-order valence-electron chi connectivity index (χ0n) is 18.4. The van der Waals surface area contributed by atoms with Gasteiger partial charge in [0, 0.05) is 6.42 Å². The predicted octanol–water partition coefficient (Wildman–Crippen LogP) is 4.80. The van der Waals surface area contributed by atoms with Gasteiger partial charge < -0.3 is 15.2 Å². The number of amides is 3. The molecule has 0 aliphatic carbocycles. The Morgan fingerprint density at radius 2 is 1.40 bits per heavy atom. The van der Waals surface area contributed by atoms with Crippen LogP contribution in [0.1, 0.15) is 84.0 Å². The zero-order valence-corrected chi connectivity index (χ0v) is 18.4. The molecular weight excluding hydrogens is 382 g/mol. The van der Waals surface area contributed by atoms with E-state index in [4.69, 9.17) is 4.74 Å². The number of rotatable bonds is 16. The Labute approximate surface area is 180 Å². The first-order valence-electron chi connectivity index (χ1n) is 11.4. The van der Waals surface area contributed by atoms with Gasteiger partial charge in [0.05, 0.1) is 6.54 Å². The van der Waals surface area contributed by atoms with Crippen LogP contribution in [0.3, 0.4) is 0 Å². The van der Waals surface area contributed by atoms with Crippen molar-refractivity contribution < 1.29 is 19.4 Å². The largest absolute Gasteiger partial charge is 0.508 e. The van der Waals surface area contributed by atoms with Crippen LogP contribution in [-0.2, 0) is 4.79 Å². The van der Waals surface area contributed by atoms with Gasteiger partial charge in [0.2, 0.25) is 5.91 Å². The monoisotopic (exact) mass is 421 g/mol. The lowest BCUT2D eigenvalue weighted by Crippen LogP contribution is -2.47. The molecule has 7 heteroatoms. The third-order valence-electron chi connectivity index (χ3n) is 4.82. The normalized spacial score (nSPS) is 10.4. The maximum Gasteiger partial charge on any atom is 0.333 e. The highest BCUT2D eigenvalue weighted by atomic mass is 16.5. The van der Waals surface area contributed by atoms with E-state index >= 15 is 0 Å². The molecule has 0 spiro atoms. The van der Waals surface area contributed by atoms with Gasteiger partial charge >= 0.3 is 6.03 Å². The zero-order chi connectivity index (χ0) is 21.9. The molecule has 0 saturated heterocycles. The number of phenols is 1. The average Bonchev–Trinajstić information content (AvgIpc) is 2.75. The number of benzene rings is 1. The second-order valence-electron chi connectivity index (χ2n) is 7.56. The molecular formula is C23H39N3O4. The van der Waals surface area contributed by atoms with E-state index in [0.29, 0.717) is 18.7 Å². The Morgan fingerprint density at radius 1 is 0.833 bits per heavy atom. The van der Waals surface area contributed by atoms with Crippen LogP contribution in [0.15, 0.2) is 24.3 Å². The SMILES string of the molecule is CCCCCCCCCCCCCC(=O)NNC(=O)NCCOc1ccc(O)cc1. The second-order valence-corrected chi connectivity index (χ2v) is 7.56. The number of nitrogens with one attached hydrogen (secondary N) is 3. The summed E-state index contributed by atoms with van der Waals surface area (Å²) in [5, 5.41) is 11.8. The van der Waals surface area contributed by atoms with Gasteiger partial charge in [-0.1, -0.05) is 71.1 Å². The molecule has 1 aromatic rings. The summed E-state index contributed by atoms with van der Waals surface area (Å²) in [4.78, 5) is 23.4. The average molecular weight is 422 g/mol. The summed E-state index contributed by atoms with van der Waals surface area (Å²) < 4.78 is 5.42. The summed E-state index contributed by atoms with van der Waals surface area (Å²) in [6.07, 6.45) is 14.0. The van der Waals surface area contributed by atoms with Crippen molar-refractivity contribution in [1.29, 1.82) is 0 Å². The third-order valence-corrected chi connectivity index (χ3v) is 4.82. The first-order valence-corrected chi connectivity index (χ1v) is 11.4. The van der Waals surface area contributed by atoms with Crippen LogP contribution in [0.25, 0.3) is 0 Å². The fourth-order valence-corrected chi connectivity index (χ4v) is 3.06. The molecule has 0 fully saturated rings. The van der Waals surface area contributed by atoms with Gasteiger partial charge in [-0.2, -0.15) is 0 Å². The molecule has 0 aliphatic heterocycles. The van der Waals surface area contributed by atoms with Crippen LogP contribution < -0.4 is 20.9 Å². The predicted molar refractivity (Wildman–Crippen MR) is 119 cm³/mol. The molecule has 0 heterocycles. The Bertz CT molecular complexity index is 578. The first kappa shape index (κ1) is 25.6. The maximum absolute atomic E-state index is 11.8. The number of phenolic OH excluding ortho intramolecular Hbond substituents is 1. The molecule has 170 valence electrons. The van der Waals surface area contributed by atoms with Crippen LogP contribution in [-0.4, -0.2) is 30.2 Å². The van der Waals surface area contributed by atoms with E-state index in [1.807, 2.05) is 0 Å². The minimum Gasteiger partial charge on any atom is -0.508 e. The number of hydrogen-bond acceptors (Lipinski definition) is 4. The van der Waals surface area contributed by atoms with Crippen molar-refractivity contribution in [2.45, 2.75) is 84.0 Å². The quantitative estimate of drug-likeness (QED) is 0.227. The smallest absolute Gasteiger partial charge is 0.333 e. The molecule has 0 unspecified atom stereocenters. The topological polar surface area (TPSA) is 99.7 Å². The van der Waals surface area contributed by atoms with Gasteiger partial charge in [-0.3, -0.25) is 10.2 Å². The number of carbonyl (C=O) groups is 2. The molecule has 0 bridgehead atoms. The van der Waals surface area contributed by atoms with Crippen molar-refractivity contribution >= 4 is 11.9 Å². The lowest BCUT2D eigenvalue weighted by atomic mass is 10.1. The molecule has 30 heavy (non-hydrogen) atoms. The van der Waals surface area contributed by atoms with Gasteiger partial charge in [-0.15, -0.1) is 0 Å². The highest BCUT2D eigenvalue weighted by Gasteiger charge is 2.04. The summed E-state index contributed by atoms with van der Waals surface area (Å²) >= 11 is 0. The Morgan fingerprint density at radius 3 is 2.00 bits per heavy atom. The first-order chi connectivity index (χ1) is 14.6. The number of unbranched alkanes of at least 4 members (excludes halogenated alkanes) is 10. The number of ether oxygens (including phenoxy) is 1. The Hall–Kier alpha value is -2.44. The van der Waals surface area contributed by atoms with Crippen molar-refractivity contribution in [2.75, 3.05) is 13.2 Å². The van der Waals surface area contributed by atoms with Crippen LogP contribution >= 0.6 is 0 Å². The van der Waals surface area contributed by atoms with Gasteiger partial charge in [0.25, 0.3) is 0 Å². The van der Waals surface area contributed by atoms with E-state index in [2.05, 4.69) is 23.1 Å². The van der Waals surface area contributed by atoms with E-state index in [1.54, 1.807) is 12.1 Å². The van der Waals surface area contributed by atoms with E-state index in [9.17, 15) is 14.7 Å². The van der Waals surface area contributed by atoms with Gasteiger partial charge in [-0.25, -0.2) is 10.2 Å². The molecule has 4 N–H and O–H groups in total. The van der Waals surface area contributed by atoms with Crippen LogP contribution in [0.5, 0.6) is 11.5 Å². The molecule has 0 aromatic heterocycles. The molecule has 1 rings (SSSR count). The van der Waals surface area contributed by atoms with Crippen LogP contribution in [0.4, 0.5) is 4.79 Å². The van der Waals surface area contributed by atoms with Crippen LogP contribution in [0.2, 0.25) is 0 Å². The Kier molecular flexibility index (Phi) is 14.9.